The van der Waals surface area contributed by atoms with Gasteiger partial charge in [-0.1, -0.05) is 11.6 Å². The van der Waals surface area contributed by atoms with Crippen molar-refractivity contribution in [3.8, 4) is 0 Å². The average molecular weight is 282 g/mol. The molecule has 1 saturated heterocycles. The first-order chi connectivity index (χ1) is 9.06. The summed E-state index contributed by atoms with van der Waals surface area (Å²) in [5.41, 5.74) is 0.567. The lowest BCUT2D eigenvalue weighted by molar-refractivity contribution is -0.144. The molecule has 0 unspecified atom stereocenters. The molecular weight excluding hydrogens is 266 g/mol. The zero-order valence-electron chi connectivity index (χ0n) is 10.7. The predicted molar refractivity (Wildman–Crippen MR) is 74.2 cm³/mol. The standard InChI is InChI=1S/C13H16ClN3O2/c1-16-6-8-17(9-7-16)13(19)12(18)15-11-4-2-10(14)3-5-11/h2-5H,6-9H2,1H3,(H,15,18). The van der Waals surface area contributed by atoms with Crippen molar-refractivity contribution >= 4 is 29.1 Å². The second kappa shape index (κ2) is 6.04. The molecule has 5 nitrogen and oxygen atoms in total. The maximum absolute atomic E-state index is 11.9. The molecule has 0 bridgehead atoms. The van der Waals surface area contributed by atoms with Gasteiger partial charge in [0.1, 0.15) is 0 Å². The van der Waals surface area contributed by atoms with E-state index in [0.29, 0.717) is 23.8 Å². The van der Waals surface area contributed by atoms with Crippen LogP contribution in [0.5, 0.6) is 0 Å². The molecule has 1 fully saturated rings. The zero-order chi connectivity index (χ0) is 13.8. The first-order valence-corrected chi connectivity index (χ1v) is 6.48. The number of benzene rings is 1. The Morgan fingerprint density at radius 1 is 1.11 bits per heavy atom. The van der Waals surface area contributed by atoms with E-state index in [0.717, 1.165) is 13.1 Å². The number of nitrogens with one attached hydrogen (secondary N) is 1. The molecule has 0 radical (unpaired) electrons. The summed E-state index contributed by atoms with van der Waals surface area (Å²) in [6, 6.07) is 6.66. The fraction of sp³-hybridized carbons (Fsp3) is 0.385. The Hall–Kier alpha value is -1.59. The average Bonchev–Trinajstić information content (AvgIpc) is 2.41. The van der Waals surface area contributed by atoms with E-state index in [1.807, 2.05) is 7.05 Å². The molecule has 0 spiro atoms. The molecule has 0 aliphatic carbocycles. The number of nitrogens with zero attached hydrogens (tertiary/aromatic N) is 2. The summed E-state index contributed by atoms with van der Waals surface area (Å²) in [6.07, 6.45) is 0. The van der Waals surface area contributed by atoms with Gasteiger partial charge in [-0.05, 0) is 31.3 Å². The largest absolute Gasteiger partial charge is 0.332 e. The third-order valence-electron chi connectivity index (χ3n) is 3.09. The molecule has 0 atom stereocenters. The number of piperazine rings is 1. The van der Waals surface area contributed by atoms with Crippen LogP contribution in [0.4, 0.5) is 5.69 Å². The molecule has 0 aromatic heterocycles. The van der Waals surface area contributed by atoms with Gasteiger partial charge in [0.15, 0.2) is 0 Å². The van der Waals surface area contributed by atoms with E-state index < -0.39 is 11.8 Å². The number of anilines is 1. The molecule has 1 aliphatic rings. The first-order valence-electron chi connectivity index (χ1n) is 6.10. The van der Waals surface area contributed by atoms with Gasteiger partial charge < -0.3 is 15.1 Å². The summed E-state index contributed by atoms with van der Waals surface area (Å²) in [5, 5.41) is 3.16. The fourth-order valence-corrected chi connectivity index (χ4v) is 2.00. The highest BCUT2D eigenvalue weighted by molar-refractivity contribution is 6.39. The number of halogens is 1. The summed E-state index contributed by atoms with van der Waals surface area (Å²) in [6.45, 7) is 2.76. The molecular formula is C13H16ClN3O2. The van der Waals surface area contributed by atoms with Gasteiger partial charge in [-0.25, -0.2) is 0 Å². The Morgan fingerprint density at radius 2 is 1.68 bits per heavy atom. The minimum absolute atomic E-state index is 0.483. The quantitative estimate of drug-likeness (QED) is 0.783. The first kappa shape index (κ1) is 13.8. The minimum Gasteiger partial charge on any atom is -0.332 e. The van der Waals surface area contributed by atoms with Crippen LogP contribution >= 0.6 is 11.6 Å². The Morgan fingerprint density at radius 3 is 2.26 bits per heavy atom. The number of rotatable bonds is 1. The van der Waals surface area contributed by atoms with Crippen LogP contribution in [0.2, 0.25) is 5.02 Å². The third-order valence-corrected chi connectivity index (χ3v) is 3.34. The van der Waals surface area contributed by atoms with E-state index in [1.165, 1.54) is 0 Å². The van der Waals surface area contributed by atoms with Crippen LogP contribution in [0.3, 0.4) is 0 Å². The normalized spacial score (nSPS) is 16.2. The van der Waals surface area contributed by atoms with Crippen molar-refractivity contribution in [1.82, 2.24) is 9.80 Å². The summed E-state index contributed by atoms with van der Waals surface area (Å²) in [4.78, 5) is 27.5. The van der Waals surface area contributed by atoms with Crippen LogP contribution in [-0.2, 0) is 9.59 Å². The second-order valence-corrected chi connectivity index (χ2v) is 4.99. The summed E-state index contributed by atoms with van der Waals surface area (Å²) in [5.74, 6) is -1.09. The molecule has 0 saturated carbocycles. The van der Waals surface area contributed by atoms with Crippen molar-refractivity contribution in [3.63, 3.8) is 0 Å². The molecule has 1 aliphatic heterocycles. The molecule has 102 valence electrons. The van der Waals surface area contributed by atoms with E-state index in [9.17, 15) is 9.59 Å². The van der Waals surface area contributed by atoms with E-state index in [4.69, 9.17) is 11.6 Å². The number of likely N-dealkylation sites (N-methyl/N-ethyl adjacent to an activating group) is 1. The van der Waals surface area contributed by atoms with E-state index in [2.05, 4.69) is 10.2 Å². The molecule has 1 aromatic carbocycles. The van der Waals surface area contributed by atoms with E-state index in [1.54, 1.807) is 29.2 Å². The van der Waals surface area contributed by atoms with E-state index in [-0.39, 0.29) is 0 Å². The van der Waals surface area contributed by atoms with Crippen molar-refractivity contribution < 1.29 is 9.59 Å². The van der Waals surface area contributed by atoms with Crippen molar-refractivity contribution in [3.05, 3.63) is 29.3 Å². The Bertz CT molecular complexity index is 467. The van der Waals surface area contributed by atoms with Gasteiger partial charge in [0.25, 0.3) is 0 Å². The molecule has 2 rings (SSSR count). The van der Waals surface area contributed by atoms with Gasteiger partial charge in [0.2, 0.25) is 0 Å². The van der Waals surface area contributed by atoms with Crippen molar-refractivity contribution in [1.29, 1.82) is 0 Å². The monoisotopic (exact) mass is 281 g/mol. The molecule has 1 heterocycles. The fourth-order valence-electron chi connectivity index (χ4n) is 1.87. The summed E-state index contributed by atoms with van der Waals surface area (Å²) in [7, 11) is 2.00. The smallest absolute Gasteiger partial charge is 0.313 e. The molecule has 1 N–H and O–H groups in total. The van der Waals surface area contributed by atoms with Crippen LogP contribution in [0, 0.1) is 0 Å². The Labute approximate surface area is 117 Å². The lowest BCUT2D eigenvalue weighted by atomic mass is 10.3. The van der Waals surface area contributed by atoms with Crippen molar-refractivity contribution in [2.45, 2.75) is 0 Å². The highest BCUT2D eigenvalue weighted by Crippen LogP contribution is 2.13. The predicted octanol–water partition coefficient (Wildman–Crippen LogP) is 1.05. The molecule has 6 heteroatoms. The molecule has 2 amide bonds. The molecule has 19 heavy (non-hydrogen) atoms. The van der Waals surface area contributed by atoms with Gasteiger partial charge in [-0.2, -0.15) is 0 Å². The third kappa shape index (κ3) is 3.68. The van der Waals surface area contributed by atoms with E-state index >= 15 is 0 Å². The highest BCUT2D eigenvalue weighted by Gasteiger charge is 2.24. The van der Waals surface area contributed by atoms with Gasteiger partial charge in [0, 0.05) is 36.9 Å². The Kier molecular flexibility index (Phi) is 4.39. The van der Waals surface area contributed by atoms with Gasteiger partial charge in [-0.3, -0.25) is 9.59 Å². The summed E-state index contributed by atoms with van der Waals surface area (Å²) < 4.78 is 0. The second-order valence-electron chi connectivity index (χ2n) is 4.56. The van der Waals surface area contributed by atoms with Gasteiger partial charge in [-0.15, -0.1) is 0 Å². The lowest BCUT2D eigenvalue weighted by Gasteiger charge is -2.31. The van der Waals surface area contributed by atoms with Crippen LogP contribution in [0.25, 0.3) is 0 Å². The SMILES string of the molecule is CN1CCN(C(=O)C(=O)Nc2ccc(Cl)cc2)CC1. The van der Waals surface area contributed by atoms with Crippen LogP contribution in [-0.4, -0.2) is 54.8 Å². The van der Waals surface area contributed by atoms with Crippen LogP contribution < -0.4 is 5.32 Å². The van der Waals surface area contributed by atoms with Crippen molar-refractivity contribution in [2.24, 2.45) is 0 Å². The van der Waals surface area contributed by atoms with Crippen LogP contribution in [0.1, 0.15) is 0 Å². The maximum atomic E-state index is 11.9. The highest BCUT2D eigenvalue weighted by atomic mass is 35.5. The Balaban J connectivity index is 1.92. The number of amides is 2. The maximum Gasteiger partial charge on any atom is 0.313 e. The van der Waals surface area contributed by atoms with Gasteiger partial charge in [0.05, 0.1) is 0 Å². The molecule has 1 aromatic rings. The number of carbonyl (C=O) groups excluding carboxylic acids is 2. The van der Waals surface area contributed by atoms with Gasteiger partial charge >= 0.3 is 11.8 Å². The number of hydrogen-bond donors (Lipinski definition) is 1. The number of carbonyl (C=O) groups is 2. The minimum atomic E-state index is -0.605. The summed E-state index contributed by atoms with van der Waals surface area (Å²) >= 11 is 5.75. The topological polar surface area (TPSA) is 52.7 Å². The van der Waals surface area contributed by atoms with Crippen molar-refractivity contribution in [2.75, 3.05) is 38.5 Å². The lowest BCUT2D eigenvalue weighted by Crippen LogP contribution is -2.50. The number of hydrogen-bond acceptors (Lipinski definition) is 3. The van der Waals surface area contributed by atoms with Crippen LogP contribution in [0.15, 0.2) is 24.3 Å². The zero-order valence-corrected chi connectivity index (χ0v) is 11.5.